The second-order valence-corrected chi connectivity index (χ2v) is 6.62. The van der Waals surface area contributed by atoms with Crippen molar-refractivity contribution in [3.8, 4) is 11.1 Å². The molecule has 138 valence electrons. The number of hydrogen-bond acceptors (Lipinski definition) is 3. The van der Waals surface area contributed by atoms with Crippen LogP contribution in [0.1, 0.15) is 33.2 Å². The summed E-state index contributed by atoms with van der Waals surface area (Å²) in [5.41, 5.74) is 11.2. The summed E-state index contributed by atoms with van der Waals surface area (Å²) in [5, 5.41) is 13.1. The van der Waals surface area contributed by atoms with E-state index in [0.29, 0.717) is 12.1 Å². The van der Waals surface area contributed by atoms with Crippen LogP contribution in [-0.2, 0) is 6.54 Å². The SMILES string of the molecule is Cc1ccc(C(O)CNC(=O)c2cccc(-c3ccc(CN)cc3)c2)cc1. The van der Waals surface area contributed by atoms with Gasteiger partial charge in [-0.05, 0) is 41.3 Å². The van der Waals surface area contributed by atoms with E-state index in [4.69, 9.17) is 5.73 Å². The summed E-state index contributed by atoms with van der Waals surface area (Å²) in [7, 11) is 0. The van der Waals surface area contributed by atoms with E-state index in [-0.39, 0.29) is 12.5 Å². The molecule has 3 aromatic rings. The van der Waals surface area contributed by atoms with E-state index in [1.54, 1.807) is 6.07 Å². The highest BCUT2D eigenvalue weighted by atomic mass is 16.3. The van der Waals surface area contributed by atoms with Crippen molar-refractivity contribution in [3.63, 3.8) is 0 Å². The van der Waals surface area contributed by atoms with Gasteiger partial charge in [0.15, 0.2) is 0 Å². The lowest BCUT2D eigenvalue weighted by molar-refractivity contribution is 0.0916. The van der Waals surface area contributed by atoms with Crippen LogP contribution in [0.2, 0.25) is 0 Å². The first-order valence-electron chi connectivity index (χ1n) is 8.99. The molecule has 0 radical (unpaired) electrons. The number of rotatable bonds is 6. The summed E-state index contributed by atoms with van der Waals surface area (Å²) < 4.78 is 0. The highest BCUT2D eigenvalue weighted by Crippen LogP contribution is 2.21. The quantitative estimate of drug-likeness (QED) is 0.629. The van der Waals surface area contributed by atoms with Crippen LogP contribution in [0, 0.1) is 6.92 Å². The summed E-state index contributed by atoms with van der Waals surface area (Å²) in [6, 6.07) is 23.1. The van der Waals surface area contributed by atoms with E-state index in [1.165, 1.54) is 0 Å². The van der Waals surface area contributed by atoms with Crippen molar-refractivity contribution < 1.29 is 9.90 Å². The molecule has 1 amide bonds. The molecule has 27 heavy (non-hydrogen) atoms. The van der Waals surface area contributed by atoms with Crippen LogP contribution < -0.4 is 11.1 Å². The average Bonchev–Trinajstić information content (AvgIpc) is 2.72. The van der Waals surface area contributed by atoms with Gasteiger partial charge in [-0.25, -0.2) is 0 Å². The minimum Gasteiger partial charge on any atom is -0.387 e. The number of amides is 1. The van der Waals surface area contributed by atoms with E-state index in [1.807, 2.05) is 73.7 Å². The highest BCUT2D eigenvalue weighted by molar-refractivity contribution is 5.95. The molecule has 0 saturated heterocycles. The van der Waals surface area contributed by atoms with Crippen LogP contribution in [0.15, 0.2) is 72.8 Å². The molecule has 4 heteroatoms. The molecular formula is C23H24N2O2. The Morgan fingerprint density at radius 3 is 2.37 bits per heavy atom. The maximum atomic E-state index is 12.5. The predicted molar refractivity (Wildman–Crippen MR) is 108 cm³/mol. The summed E-state index contributed by atoms with van der Waals surface area (Å²) in [5.74, 6) is -0.207. The van der Waals surface area contributed by atoms with E-state index in [0.717, 1.165) is 27.8 Å². The summed E-state index contributed by atoms with van der Waals surface area (Å²) in [4.78, 5) is 12.5. The molecule has 0 fully saturated rings. The number of aliphatic hydroxyl groups is 1. The Morgan fingerprint density at radius 2 is 1.70 bits per heavy atom. The number of nitrogens with two attached hydrogens (primary N) is 1. The second kappa shape index (κ2) is 8.62. The van der Waals surface area contributed by atoms with Gasteiger partial charge in [0.25, 0.3) is 5.91 Å². The first-order valence-corrected chi connectivity index (χ1v) is 8.99. The molecule has 0 spiro atoms. The Bertz CT molecular complexity index is 902. The normalized spacial score (nSPS) is 11.8. The third kappa shape index (κ3) is 4.82. The van der Waals surface area contributed by atoms with Crippen molar-refractivity contribution >= 4 is 5.91 Å². The monoisotopic (exact) mass is 360 g/mol. The maximum absolute atomic E-state index is 12.5. The van der Waals surface area contributed by atoms with Gasteiger partial charge >= 0.3 is 0 Å². The fourth-order valence-corrected chi connectivity index (χ4v) is 2.87. The molecule has 0 heterocycles. The Hall–Kier alpha value is -2.95. The number of carbonyl (C=O) groups excluding carboxylic acids is 1. The minimum absolute atomic E-state index is 0.164. The minimum atomic E-state index is -0.735. The summed E-state index contributed by atoms with van der Waals surface area (Å²) >= 11 is 0. The number of benzene rings is 3. The molecule has 0 saturated carbocycles. The maximum Gasteiger partial charge on any atom is 0.251 e. The van der Waals surface area contributed by atoms with Crippen LogP contribution >= 0.6 is 0 Å². The van der Waals surface area contributed by atoms with Crippen LogP contribution in [0.4, 0.5) is 0 Å². The topological polar surface area (TPSA) is 75.3 Å². The number of carbonyl (C=O) groups is 1. The van der Waals surface area contributed by atoms with E-state index in [9.17, 15) is 9.90 Å². The van der Waals surface area contributed by atoms with Crippen molar-refractivity contribution in [2.75, 3.05) is 6.54 Å². The lowest BCUT2D eigenvalue weighted by Gasteiger charge is -2.13. The zero-order valence-corrected chi connectivity index (χ0v) is 15.4. The molecule has 1 atom stereocenters. The van der Waals surface area contributed by atoms with Crippen LogP contribution in [0.5, 0.6) is 0 Å². The van der Waals surface area contributed by atoms with E-state index in [2.05, 4.69) is 5.32 Å². The van der Waals surface area contributed by atoms with E-state index >= 15 is 0 Å². The van der Waals surface area contributed by atoms with Gasteiger partial charge in [-0.15, -0.1) is 0 Å². The van der Waals surface area contributed by atoms with E-state index < -0.39 is 6.10 Å². The van der Waals surface area contributed by atoms with Crippen molar-refractivity contribution in [2.24, 2.45) is 5.73 Å². The number of aliphatic hydroxyl groups excluding tert-OH is 1. The standard InChI is InChI=1S/C23H24N2O2/c1-16-5-9-19(10-6-16)22(26)15-25-23(27)21-4-2-3-20(13-21)18-11-7-17(14-24)8-12-18/h2-13,22,26H,14-15,24H2,1H3,(H,25,27). The molecule has 3 rings (SSSR count). The number of hydrogen-bond donors (Lipinski definition) is 3. The van der Waals surface area contributed by atoms with Crippen LogP contribution in [-0.4, -0.2) is 17.6 Å². The summed E-state index contributed by atoms with van der Waals surface area (Å²) in [6.07, 6.45) is -0.735. The Balaban J connectivity index is 1.67. The second-order valence-electron chi connectivity index (χ2n) is 6.62. The third-order valence-electron chi connectivity index (χ3n) is 4.57. The van der Waals surface area contributed by atoms with Crippen molar-refractivity contribution in [3.05, 3.63) is 95.1 Å². The predicted octanol–water partition coefficient (Wildman–Crippen LogP) is 3.58. The van der Waals surface area contributed by atoms with Crippen LogP contribution in [0.25, 0.3) is 11.1 Å². The Morgan fingerprint density at radius 1 is 1.00 bits per heavy atom. The third-order valence-corrected chi connectivity index (χ3v) is 4.57. The molecule has 0 aliphatic rings. The van der Waals surface area contributed by atoms with Crippen LogP contribution in [0.3, 0.4) is 0 Å². The fourth-order valence-electron chi connectivity index (χ4n) is 2.87. The molecule has 4 N–H and O–H groups in total. The summed E-state index contributed by atoms with van der Waals surface area (Å²) in [6.45, 7) is 2.66. The highest BCUT2D eigenvalue weighted by Gasteiger charge is 2.11. The molecular weight excluding hydrogens is 336 g/mol. The average molecular weight is 360 g/mol. The van der Waals surface area contributed by atoms with Crippen molar-refractivity contribution in [2.45, 2.75) is 19.6 Å². The van der Waals surface area contributed by atoms with Gasteiger partial charge in [0.05, 0.1) is 6.10 Å². The zero-order chi connectivity index (χ0) is 19.2. The lowest BCUT2D eigenvalue weighted by Crippen LogP contribution is -2.28. The first kappa shape index (κ1) is 18.8. The fraction of sp³-hybridized carbons (Fsp3) is 0.174. The van der Waals surface area contributed by atoms with Gasteiger partial charge in [0.1, 0.15) is 0 Å². The molecule has 3 aromatic carbocycles. The van der Waals surface area contributed by atoms with Gasteiger partial charge in [0, 0.05) is 18.7 Å². The molecule has 0 aliphatic heterocycles. The Labute approximate surface area is 159 Å². The van der Waals surface area contributed by atoms with Gasteiger partial charge in [0.2, 0.25) is 0 Å². The largest absolute Gasteiger partial charge is 0.387 e. The molecule has 4 nitrogen and oxygen atoms in total. The van der Waals surface area contributed by atoms with Crippen molar-refractivity contribution in [1.29, 1.82) is 0 Å². The number of nitrogens with one attached hydrogen (secondary N) is 1. The molecule has 0 bridgehead atoms. The molecule has 1 unspecified atom stereocenters. The zero-order valence-electron chi connectivity index (χ0n) is 15.4. The molecule has 0 aromatic heterocycles. The van der Waals surface area contributed by atoms with Gasteiger partial charge < -0.3 is 16.2 Å². The van der Waals surface area contributed by atoms with Gasteiger partial charge in [-0.1, -0.05) is 66.2 Å². The number of aryl methyl sites for hydroxylation is 1. The lowest BCUT2D eigenvalue weighted by atomic mass is 10.0. The first-order chi connectivity index (χ1) is 13.1. The molecule has 0 aliphatic carbocycles. The Kier molecular flexibility index (Phi) is 6.01. The van der Waals surface area contributed by atoms with Gasteiger partial charge in [-0.2, -0.15) is 0 Å². The smallest absolute Gasteiger partial charge is 0.251 e. The van der Waals surface area contributed by atoms with Crippen molar-refractivity contribution in [1.82, 2.24) is 5.32 Å². The van der Waals surface area contributed by atoms with Gasteiger partial charge in [-0.3, -0.25) is 4.79 Å².